The van der Waals surface area contributed by atoms with Crippen molar-refractivity contribution in [3.8, 4) is 0 Å². The Balaban J connectivity index is 1.33. The number of rotatable bonds is 0. The standard InChI is InChI=1S/C27H38O4/c1-15-7-10-27(30-14-15)16(2)24-22(31-27)12-21-19-6-5-17-11-18(28)8-9-25(17,3)20(19)13-23(29)26(21,24)4/h11,15-16,19-22,24H,5-10,12-14H2,1-4H3/t15-,16+,19-,20+,21+,22?,24?,25+,26-,27-/m1/s1. The minimum absolute atomic E-state index is 0.0296. The molecular formula is C27H38O4. The molecule has 1 spiro atoms. The van der Waals surface area contributed by atoms with Gasteiger partial charge in [-0.3, -0.25) is 9.59 Å². The zero-order chi connectivity index (χ0) is 21.8. The summed E-state index contributed by atoms with van der Waals surface area (Å²) in [5.41, 5.74) is 1.07. The average molecular weight is 427 g/mol. The van der Waals surface area contributed by atoms with Crippen LogP contribution in [0.2, 0.25) is 0 Å². The number of carbonyl (C=O) groups is 2. The Labute approximate surface area is 186 Å². The number of ether oxygens (including phenoxy) is 2. The van der Waals surface area contributed by atoms with Gasteiger partial charge >= 0.3 is 0 Å². The van der Waals surface area contributed by atoms with E-state index in [2.05, 4.69) is 27.7 Å². The number of Topliss-reactive ketones (excluding diaryl/α,β-unsaturated/α-hetero) is 1. The monoisotopic (exact) mass is 426 g/mol. The second-order valence-corrected chi connectivity index (χ2v) is 12.4. The van der Waals surface area contributed by atoms with E-state index >= 15 is 0 Å². The van der Waals surface area contributed by atoms with Crippen LogP contribution in [0.4, 0.5) is 0 Å². The van der Waals surface area contributed by atoms with Gasteiger partial charge < -0.3 is 9.47 Å². The van der Waals surface area contributed by atoms with Crippen molar-refractivity contribution in [2.24, 2.45) is 46.3 Å². The van der Waals surface area contributed by atoms with E-state index in [1.165, 1.54) is 5.57 Å². The largest absolute Gasteiger partial charge is 0.349 e. The molecule has 6 rings (SSSR count). The summed E-state index contributed by atoms with van der Waals surface area (Å²) in [7, 11) is 0. The molecule has 4 aliphatic carbocycles. The number of allylic oxidation sites excluding steroid dienone is 1. The highest BCUT2D eigenvalue weighted by Gasteiger charge is 2.71. The second kappa shape index (κ2) is 6.53. The van der Waals surface area contributed by atoms with Crippen LogP contribution in [-0.2, 0) is 19.1 Å². The molecular weight excluding hydrogens is 388 g/mol. The maximum Gasteiger partial charge on any atom is 0.171 e. The Morgan fingerprint density at radius 1 is 1.03 bits per heavy atom. The molecule has 0 amide bonds. The predicted molar refractivity (Wildman–Crippen MR) is 117 cm³/mol. The Hall–Kier alpha value is -1.00. The van der Waals surface area contributed by atoms with Gasteiger partial charge in [-0.2, -0.15) is 0 Å². The summed E-state index contributed by atoms with van der Waals surface area (Å²) in [6.07, 6.45) is 9.59. The first kappa shape index (κ1) is 20.6. The summed E-state index contributed by atoms with van der Waals surface area (Å²) in [4.78, 5) is 26.0. The van der Waals surface area contributed by atoms with Crippen LogP contribution in [0.1, 0.15) is 79.1 Å². The molecule has 10 atom stereocenters. The van der Waals surface area contributed by atoms with Gasteiger partial charge in [0.05, 0.1) is 12.7 Å². The third kappa shape index (κ3) is 2.55. The van der Waals surface area contributed by atoms with Crippen LogP contribution in [0, 0.1) is 46.3 Å². The minimum Gasteiger partial charge on any atom is -0.349 e. The average Bonchev–Trinajstić information content (AvgIpc) is 3.18. The van der Waals surface area contributed by atoms with Gasteiger partial charge in [0.2, 0.25) is 0 Å². The molecule has 0 aromatic heterocycles. The highest BCUT2D eigenvalue weighted by atomic mass is 16.7. The fourth-order valence-electron chi connectivity index (χ4n) is 9.26. The lowest BCUT2D eigenvalue weighted by molar-refractivity contribution is -0.272. The van der Waals surface area contributed by atoms with Crippen molar-refractivity contribution >= 4 is 11.6 Å². The Bertz CT molecular complexity index is 851. The molecule has 2 unspecified atom stereocenters. The van der Waals surface area contributed by atoms with Gasteiger partial charge in [-0.1, -0.05) is 33.3 Å². The van der Waals surface area contributed by atoms with Gasteiger partial charge in [-0.25, -0.2) is 0 Å². The van der Waals surface area contributed by atoms with Crippen molar-refractivity contribution in [2.45, 2.75) is 91.0 Å². The molecule has 3 saturated carbocycles. The lowest BCUT2D eigenvalue weighted by atomic mass is 9.46. The van der Waals surface area contributed by atoms with Crippen molar-refractivity contribution in [2.75, 3.05) is 6.61 Å². The first-order valence-electron chi connectivity index (χ1n) is 12.8. The lowest BCUT2D eigenvalue weighted by Gasteiger charge is -2.57. The Morgan fingerprint density at radius 2 is 1.84 bits per heavy atom. The third-order valence-electron chi connectivity index (χ3n) is 11.1. The SMILES string of the molecule is C[C@@H]1CC[C@@]2(OC1)OC1C[C@H]3[C@@H]4CCC5=CC(=O)CC[C@]5(C)[C@H]4CC(=O)[C@]3(C)C1[C@@H]2C. The van der Waals surface area contributed by atoms with E-state index in [4.69, 9.17) is 9.47 Å². The number of fused-ring (bicyclic) bond motifs is 7. The Morgan fingerprint density at radius 3 is 2.58 bits per heavy atom. The highest BCUT2D eigenvalue weighted by molar-refractivity contribution is 5.92. The number of carbonyl (C=O) groups excluding carboxylic acids is 2. The van der Waals surface area contributed by atoms with Crippen molar-refractivity contribution in [1.29, 1.82) is 0 Å². The van der Waals surface area contributed by atoms with Crippen molar-refractivity contribution in [1.82, 2.24) is 0 Å². The van der Waals surface area contributed by atoms with Crippen molar-refractivity contribution in [3.05, 3.63) is 11.6 Å². The van der Waals surface area contributed by atoms with E-state index in [1.807, 2.05) is 6.08 Å². The van der Waals surface area contributed by atoms with Gasteiger partial charge in [0.1, 0.15) is 5.78 Å². The van der Waals surface area contributed by atoms with E-state index in [1.54, 1.807) is 0 Å². The topological polar surface area (TPSA) is 52.6 Å². The van der Waals surface area contributed by atoms with Crippen LogP contribution in [0.5, 0.6) is 0 Å². The summed E-state index contributed by atoms with van der Waals surface area (Å²) in [5, 5.41) is 0. The van der Waals surface area contributed by atoms with E-state index in [-0.39, 0.29) is 34.6 Å². The molecule has 0 aromatic rings. The molecule has 0 radical (unpaired) electrons. The van der Waals surface area contributed by atoms with Gasteiger partial charge in [0.15, 0.2) is 11.6 Å². The van der Waals surface area contributed by atoms with Gasteiger partial charge in [0, 0.05) is 36.5 Å². The molecule has 2 aliphatic heterocycles. The van der Waals surface area contributed by atoms with Crippen LogP contribution >= 0.6 is 0 Å². The van der Waals surface area contributed by atoms with Gasteiger partial charge in [-0.15, -0.1) is 0 Å². The zero-order valence-electron chi connectivity index (χ0n) is 19.6. The fourth-order valence-corrected chi connectivity index (χ4v) is 9.26. The first-order chi connectivity index (χ1) is 14.7. The fraction of sp³-hybridized carbons (Fsp3) is 0.852. The molecule has 4 nitrogen and oxygen atoms in total. The molecule has 5 fully saturated rings. The lowest BCUT2D eigenvalue weighted by Crippen LogP contribution is -2.56. The van der Waals surface area contributed by atoms with Crippen molar-refractivity contribution < 1.29 is 19.1 Å². The van der Waals surface area contributed by atoms with Crippen LogP contribution in [0.15, 0.2) is 11.6 Å². The number of ketones is 2. The Kier molecular flexibility index (Phi) is 4.34. The summed E-state index contributed by atoms with van der Waals surface area (Å²) < 4.78 is 13.2. The molecule has 170 valence electrons. The predicted octanol–water partition coefficient (Wildman–Crippen LogP) is 5.10. The number of hydrogen-bond donors (Lipinski definition) is 0. The van der Waals surface area contributed by atoms with E-state index in [0.717, 1.165) is 45.1 Å². The molecule has 2 saturated heterocycles. The second-order valence-electron chi connectivity index (χ2n) is 12.4. The zero-order valence-corrected chi connectivity index (χ0v) is 19.6. The van der Waals surface area contributed by atoms with Gasteiger partial charge in [-0.05, 0) is 67.3 Å². The van der Waals surface area contributed by atoms with Gasteiger partial charge in [0.25, 0.3) is 0 Å². The van der Waals surface area contributed by atoms with Crippen LogP contribution in [0.3, 0.4) is 0 Å². The van der Waals surface area contributed by atoms with E-state index < -0.39 is 5.79 Å². The highest BCUT2D eigenvalue weighted by Crippen LogP contribution is 2.69. The van der Waals surface area contributed by atoms with E-state index in [0.29, 0.717) is 42.3 Å². The quantitative estimate of drug-likeness (QED) is 0.541. The first-order valence-corrected chi connectivity index (χ1v) is 12.8. The summed E-state index contributed by atoms with van der Waals surface area (Å²) >= 11 is 0. The molecule has 4 heteroatoms. The summed E-state index contributed by atoms with van der Waals surface area (Å²) in [6, 6.07) is 0. The summed E-state index contributed by atoms with van der Waals surface area (Å²) in [6.45, 7) is 9.95. The van der Waals surface area contributed by atoms with E-state index in [9.17, 15) is 9.59 Å². The molecule has 31 heavy (non-hydrogen) atoms. The normalized spacial score (nSPS) is 56.0. The van der Waals surface area contributed by atoms with Crippen LogP contribution in [-0.4, -0.2) is 30.1 Å². The molecule has 0 N–H and O–H groups in total. The molecule has 2 heterocycles. The third-order valence-corrected chi connectivity index (χ3v) is 11.1. The molecule has 6 aliphatic rings. The molecule has 0 bridgehead atoms. The summed E-state index contributed by atoms with van der Waals surface area (Å²) in [5.74, 6) is 2.78. The molecule has 0 aromatic carbocycles. The number of hydrogen-bond acceptors (Lipinski definition) is 4. The van der Waals surface area contributed by atoms with Crippen LogP contribution in [0.25, 0.3) is 0 Å². The minimum atomic E-state index is -0.467. The maximum atomic E-state index is 14.0. The maximum absolute atomic E-state index is 14.0. The van der Waals surface area contributed by atoms with Crippen molar-refractivity contribution in [3.63, 3.8) is 0 Å². The van der Waals surface area contributed by atoms with Crippen LogP contribution < -0.4 is 0 Å². The smallest absolute Gasteiger partial charge is 0.171 e.